The molecule has 0 aromatic heterocycles. The highest BCUT2D eigenvalue weighted by Crippen LogP contribution is 2.38. The van der Waals surface area contributed by atoms with Crippen molar-refractivity contribution in [1.82, 2.24) is 4.90 Å². The number of esters is 1. The van der Waals surface area contributed by atoms with Gasteiger partial charge in [-0.1, -0.05) is 32.0 Å². The van der Waals surface area contributed by atoms with Crippen LogP contribution in [0.2, 0.25) is 0 Å². The SMILES string of the molecule is CC1=C(C(=O)OCC(C)C)[C@@H](c2cccc([N+](=O)[O-])c2)CC(=O)N1Cc1ccc(F)cc1F. The molecular formula is C24H24F2N2O5. The van der Waals surface area contributed by atoms with Gasteiger partial charge in [0.2, 0.25) is 5.91 Å². The normalized spacial score (nSPS) is 16.4. The number of benzene rings is 2. The van der Waals surface area contributed by atoms with Gasteiger partial charge in [0.15, 0.2) is 0 Å². The van der Waals surface area contributed by atoms with Crippen molar-refractivity contribution < 1.29 is 28.0 Å². The molecule has 0 saturated heterocycles. The standard InChI is InChI=1S/C24H24F2N2O5/c1-14(2)13-33-24(30)23-15(3)27(12-17-7-8-18(25)10-21(17)26)22(29)11-20(23)16-5-4-6-19(9-16)28(31)32/h4-10,14,20H,11-13H2,1-3H3/t20-/m1/s1. The van der Waals surface area contributed by atoms with Gasteiger partial charge in [-0.05, 0) is 24.5 Å². The highest BCUT2D eigenvalue weighted by molar-refractivity contribution is 5.96. The van der Waals surface area contributed by atoms with Crippen LogP contribution in [0, 0.1) is 27.7 Å². The van der Waals surface area contributed by atoms with Gasteiger partial charge in [-0.2, -0.15) is 0 Å². The van der Waals surface area contributed by atoms with Gasteiger partial charge in [0.1, 0.15) is 11.6 Å². The maximum atomic E-state index is 14.2. The summed E-state index contributed by atoms with van der Waals surface area (Å²) in [5, 5.41) is 11.2. The van der Waals surface area contributed by atoms with E-state index in [0.29, 0.717) is 5.56 Å². The Bertz CT molecular complexity index is 1130. The molecule has 1 aliphatic heterocycles. The molecule has 2 aromatic carbocycles. The van der Waals surface area contributed by atoms with Crippen LogP contribution in [0.5, 0.6) is 0 Å². The van der Waals surface area contributed by atoms with Crippen molar-refractivity contribution in [2.45, 2.75) is 39.7 Å². The van der Waals surface area contributed by atoms with Crippen molar-refractivity contribution in [2.24, 2.45) is 5.92 Å². The summed E-state index contributed by atoms with van der Waals surface area (Å²) in [7, 11) is 0. The van der Waals surface area contributed by atoms with Crippen LogP contribution in [0.4, 0.5) is 14.5 Å². The van der Waals surface area contributed by atoms with Crippen LogP contribution in [0.3, 0.4) is 0 Å². The van der Waals surface area contributed by atoms with Crippen molar-refractivity contribution in [2.75, 3.05) is 6.61 Å². The maximum absolute atomic E-state index is 14.2. The quantitative estimate of drug-likeness (QED) is 0.336. The molecule has 0 radical (unpaired) electrons. The van der Waals surface area contributed by atoms with Crippen LogP contribution in [0.25, 0.3) is 0 Å². The molecule has 0 aliphatic carbocycles. The second kappa shape index (κ2) is 9.89. The summed E-state index contributed by atoms with van der Waals surface area (Å²) < 4.78 is 32.9. The molecule has 0 saturated carbocycles. The van der Waals surface area contributed by atoms with E-state index >= 15 is 0 Å². The Morgan fingerprint density at radius 2 is 1.97 bits per heavy atom. The van der Waals surface area contributed by atoms with Gasteiger partial charge in [-0.25, -0.2) is 13.6 Å². The van der Waals surface area contributed by atoms with Gasteiger partial charge in [-0.3, -0.25) is 14.9 Å². The van der Waals surface area contributed by atoms with Crippen LogP contribution >= 0.6 is 0 Å². The number of nitro benzene ring substituents is 1. The molecule has 0 fully saturated rings. The Hall–Kier alpha value is -3.62. The van der Waals surface area contributed by atoms with Crippen molar-refractivity contribution in [3.8, 4) is 0 Å². The van der Waals surface area contributed by atoms with Gasteiger partial charge >= 0.3 is 5.97 Å². The third-order valence-corrected chi connectivity index (χ3v) is 5.42. The van der Waals surface area contributed by atoms with Crippen LogP contribution in [0.1, 0.15) is 44.2 Å². The molecule has 0 unspecified atom stereocenters. The van der Waals surface area contributed by atoms with E-state index in [1.54, 1.807) is 13.0 Å². The largest absolute Gasteiger partial charge is 0.462 e. The minimum Gasteiger partial charge on any atom is -0.462 e. The van der Waals surface area contributed by atoms with Crippen LogP contribution in [-0.2, 0) is 20.9 Å². The fraction of sp³-hybridized carbons (Fsp3) is 0.333. The van der Waals surface area contributed by atoms with Crippen molar-refractivity contribution in [3.05, 3.63) is 86.6 Å². The Morgan fingerprint density at radius 1 is 1.24 bits per heavy atom. The summed E-state index contributed by atoms with van der Waals surface area (Å²) >= 11 is 0. The zero-order valence-electron chi connectivity index (χ0n) is 18.5. The summed E-state index contributed by atoms with van der Waals surface area (Å²) in [5.74, 6) is -3.27. The minimum absolute atomic E-state index is 0.0701. The van der Waals surface area contributed by atoms with E-state index in [-0.39, 0.29) is 48.0 Å². The Morgan fingerprint density at radius 3 is 2.61 bits per heavy atom. The number of halogens is 2. The average molecular weight is 458 g/mol. The van der Waals surface area contributed by atoms with Crippen LogP contribution < -0.4 is 0 Å². The van der Waals surface area contributed by atoms with E-state index in [0.717, 1.165) is 12.1 Å². The Balaban J connectivity index is 2.05. The van der Waals surface area contributed by atoms with Gasteiger partial charge < -0.3 is 9.64 Å². The molecule has 1 atom stereocenters. The smallest absolute Gasteiger partial charge is 0.336 e. The number of rotatable bonds is 7. The van der Waals surface area contributed by atoms with E-state index in [1.165, 1.54) is 29.2 Å². The molecule has 1 heterocycles. The summed E-state index contributed by atoms with van der Waals surface area (Å²) in [4.78, 5) is 38.0. The van der Waals surface area contributed by atoms with Crippen molar-refractivity contribution in [1.29, 1.82) is 0 Å². The second-order valence-electron chi connectivity index (χ2n) is 8.32. The highest BCUT2D eigenvalue weighted by Gasteiger charge is 2.37. The van der Waals surface area contributed by atoms with Crippen molar-refractivity contribution >= 4 is 17.6 Å². The third kappa shape index (κ3) is 5.42. The first-order chi connectivity index (χ1) is 15.6. The lowest BCUT2D eigenvalue weighted by Crippen LogP contribution is -2.38. The summed E-state index contributed by atoms with van der Waals surface area (Å²) in [6.45, 7) is 5.26. The minimum atomic E-state index is -0.805. The predicted octanol–water partition coefficient (Wildman–Crippen LogP) is 4.86. The molecule has 0 bridgehead atoms. The van der Waals surface area contributed by atoms with E-state index in [2.05, 4.69) is 0 Å². The highest BCUT2D eigenvalue weighted by atomic mass is 19.1. The molecule has 3 rings (SSSR count). The Kier molecular flexibility index (Phi) is 7.20. The number of ether oxygens (including phenoxy) is 1. The fourth-order valence-corrected chi connectivity index (χ4v) is 3.75. The monoisotopic (exact) mass is 458 g/mol. The van der Waals surface area contributed by atoms with E-state index in [4.69, 9.17) is 4.74 Å². The molecule has 7 nitrogen and oxygen atoms in total. The number of allylic oxidation sites excluding steroid dienone is 1. The lowest BCUT2D eigenvalue weighted by atomic mass is 9.83. The van der Waals surface area contributed by atoms with E-state index in [9.17, 15) is 28.5 Å². The first-order valence-corrected chi connectivity index (χ1v) is 10.4. The molecule has 0 spiro atoms. The lowest BCUT2D eigenvalue weighted by Gasteiger charge is -2.34. The number of hydrogen-bond donors (Lipinski definition) is 0. The molecule has 2 aromatic rings. The van der Waals surface area contributed by atoms with Gasteiger partial charge in [0.05, 0.1) is 23.6 Å². The molecule has 1 amide bonds. The lowest BCUT2D eigenvalue weighted by molar-refractivity contribution is -0.384. The molecular weight excluding hydrogens is 434 g/mol. The van der Waals surface area contributed by atoms with Gasteiger partial charge in [-0.15, -0.1) is 0 Å². The topological polar surface area (TPSA) is 89.7 Å². The Labute approximate surface area is 189 Å². The predicted molar refractivity (Wildman–Crippen MR) is 116 cm³/mol. The van der Waals surface area contributed by atoms with Gasteiger partial charge in [0.25, 0.3) is 5.69 Å². The third-order valence-electron chi connectivity index (χ3n) is 5.42. The molecule has 33 heavy (non-hydrogen) atoms. The van der Waals surface area contributed by atoms with Crippen LogP contribution in [-0.4, -0.2) is 28.3 Å². The average Bonchev–Trinajstić information content (AvgIpc) is 2.76. The first-order valence-electron chi connectivity index (χ1n) is 10.4. The number of hydrogen-bond acceptors (Lipinski definition) is 5. The summed E-state index contributed by atoms with van der Waals surface area (Å²) in [5.41, 5.74) is 0.802. The number of non-ortho nitro benzene ring substituents is 1. The number of nitrogens with zero attached hydrogens (tertiary/aromatic N) is 2. The van der Waals surface area contributed by atoms with Gasteiger partial charge in [0, 0.05) is 41.8 Å². The number of nitro groups is 1. The summed E-state index contributed by atoms with van der Waals surface area (Å²) in [6.07, 6.45) is -0.159. The van der Waals surface area contributed by atoms with Crippen molar-refractivity contribution in [3.63, 3.8) is 0 Å². The van der Waals surface area contributed by atoms with E-state index in [1.807, 2.05) is 13.8 Å². The summed E-state index contributed by atoms with van der Waals surface area (Å²) in [6, 6.07) is 8.83. The molecule has 9 heteroatoms. The molecule has 1 aliphatic rings. The zero-order valence-corrected chi connectivity index (χ0v) is 18.5. The second-order valence-corrected chi connectivity index (χ2v) is 8.32. The zero-order chi connectivity index (χ0) is 24.3. The number of carbonyl (C=O) groups is 2. The van der Waals surface area contributed by atoms with E-state index < -0.39 is 34.4 Å². The fourth-order valence-electron chi connectivity index (χ4n) is 3.75. The maximum Gasteiger partial charge on any atom is 0.336 e. The number of carbonyl (C=O) groups excluding carboxylic acids is 2. The van der Waals surface area contributed by atoms with Crippen LogP contribution in [0.15, 0.2) is 53.7 Å². The molecule has 174 valence electrons. The molecule has 0 N–H and O–H groups in total. The number of amides is 1. The first kappa shape index (κ1) is 24.0.